The average Bonchev–Trinajstić information content (AvgIpc) is 3.03. The summed E-state index contributed by atoms with van der Waals surface area (Å²) in [5.74, 6) is 0.0635. The molecule has 0 fully saturated rings. The fourth-order valence-electron chi connectivity index (χ4n) is 3.87. The van der Waals surface area contributed by atoms with Gasteiger partial charge >= 0.3 is 12.0 Å². The van der Waals surface area contributed by atoms with Crippen molar-refractivity contribution in [3.8, 4) is 0 Å². The molecule has 37 heavy (non-hydrogen) atoms. The van der Waals surface area contributed by atoms with Crippen molar-refractivity contribution in [1.82, 2.24) is 4.90 Å². The van der Waals surface area contributed by atoms with Crippen LogP contribution in [0.3, 0.4) is 0 Å². The Morgan fingerprint density at radius 2 is 1.70 bits per heavy atom. The Balaban J connectivity index is 0.00000121. The molecule has 2 N–H and O–H groups in total. The topological polar surface area (TPSA) is 105 Å². The van der Waals surface area contributed by atoms with Crippen LogP contribution in [0.15, 0.2) is 83.9 Å². The molecule has 0 bridgehead atoms. The lowest BCUT2D eigenvalue weighted by Gasteiger charge is -2.28. The van der Waals surface area contributed by atoms with Gasteiger partial charge in [0.05, 0.1) is 30.6 Å². The standard InChI is InChI=1S/C26H24N4O4.C2H6S/c1-29(26(27)33)23-24(31)30(16-17-9-8-12-19(15-17)25(32)34-2)21-14-7-6-13-20(21)22(28-23)18-10-4-3-5-11-18;1-2-3/h3-15,23H,16H2,1-2H3,(H2,27,33);3H,2H2,1H3. The molecule has 3 aromatic carbocycles. The maximum Gasteiger partial charge on any atom is 0.337 e. The number of esters is 1. The number of para-hydroxylation sites is 1. The van der Waals surface area contributed by atoms with E-state index in [9.17, 15) is 14.4 Å². The first-order valence-corrected chi connectivity index (χ1v) is 12.3. The lowest BCUT2D eigenvalue weighted by Crippen LogP contribution is -2.49. The third kappa shape index (κ3) is 6.37. The zero-order valence-corrected chi connectivity index (χ0v) is 21.9. The Bertz CT molecular complexity index is 1300. The van der Waals surface area contributed by atoms with Crippen molar-refractivity contribution in [2.75, 3.05) is 24.8 Å². The smallest absolute Gasteiger partial charge is 0.337 e. The molecule has 0 spiro atoms. The Morgan fingerprint density at radius 3 is 2.35 bits per heavy atom. The Kier molecular flexibility index (Phi) is 9.45. The molecule has 1 atom stereocenters. The van der Waals surface area contributed by atoms with Gasteiger partial charge in [0.25, 0.3) is 5.91 Å². The minimum Gasteiger partial charge on any atom is -0.465 e. The number of amides is 3. The average molecular weight is 519 g/mol. The van der Waals surface area contributed by atoms with E-state index in [4.69, 9.17) is 15.5 Å². The van der Waals surface area contributed by atoms with Gasteiger partial charge in [-0.3, -0.25) is 9.69 Å². The summed E-state index contributed by atoms with van der Waals surface area (Å²) in [5.41, 5.74) is 9.39. The molecule has 4 rings (SSSR count). The van der Waals surface area contributed by atoms with Gasteiger partial charge in [-0.15, -0.1) is 0 Å². The maximum absolute atomic E-state index is 13.8. The molecule has 1 aliphatic heterocycles. The van der Waals surface area contributed by atoms with Crippen LogP contribution < -0.4 is 10.6 Å². The summed E-state index contributed by atoms with van der Waals surface area (Å²) in [6.07, 6.45) is -1.16. The molecule has 1 aliphatic rings. The maximum atomic E-state index is 13.8. The number of methoxy groups -OCH3 is 1. The van der Waals surface area contributed by atoms with Crippen molar-refractivity contribution in [2.24, 2.45) is 10.7 Å². The molecule has 0 aliphatic carbocycles. The number of carbonyl (C=O) groups is 3. The van der Waals surface area contributed by atoms with Crippen LogP contribution >= 0.6 is 12.6 Å². The Hall–Kier alpha value is -4.11. The zero-order valence-electron chi connectivity index (χ0n) is 21.0. The number of urea groups is 1. The quantitative estimate of drug-likeness (QED) is 0.391. The highest BCUT2D eigenvalue weighted by atomic mass is 32.1. The van der Waals surface area contributed by atoms with Gasteiger partial charge in [-0.2, -0.15) is 12.6 Å². The number of hydrogen-bond acceptors (Lipinski definition) is 6. The number of carbonyl (C=O) groups excluding carboxylic acids is 3. The first-order chi connectivity index (χ1) is 17.8. The van der Waals surface area contributed by atoms with Crippen LogP contribution in [-0.2, 0) is 16.1 Å². The Morgan fingerprint density at radius 1 is 1.05 bits per heavy atom. The van der Waals surface area contributed by atoms with E-state index in [1.807, 2.05) is 67.6 Å². The number of nitrogens with two attached hydrogens (primary N) is 1. The van der Waals surface area contributed by atoms with Crippen molar-refractivity contribution in [1.29, 1.82) is 0 Å². The first-order valence-electron chi connectivity index (χ1n) is 11.7. The molecule has 0 aromatic heterocycles. The highest BCUT2D eigenvalue weighted by Crippen LogP contribution is 2.30. The van der Waals surface area contributed by atoms with Crippen LogP contribution in [0, 0.1) is 0 Å². The van der Waals surface area contributed by atoms with E-state index in [-0.39, 0.29) is 6.54 Å². The predicted molar refractivity (Wildman–Crippen MR) is 148 cm³/mol. The molecule has 8 nitrogen and oxygen atoms in total. The normalized spacial score (nSPS) is 14.4. The van der Waals surface area contributed by atoms with Crippen molar-refractivity contribution < 1.29 is 19.1 Å². The number of anilines is 1. The van der Waals surface area contributed by atoms with Gasteiger partial charge in [-0.25, -0.2) is 14.6 Å². The minimum atomic E-state index is -1.16. The lowest BCUT2D eigenvalue weighted by atomic mass is 10.00. The summed E-state index contributed by atoms with van der Waals surface area (Å²) < 4.78 is 4.82. The molecule has 0 radical (unpaired) electrons. The monoisotopic (exact) mass is 518 g/mol. The van der Waals surface area contributed by atoms with Crippen LogP contribution in [0.25, 0.3) is 0 Å². The third-order valence-corrected chi connectivity index (χ3v) is 5.64. The second-order valence-electron chi connectivity index (χ2n) is 8.12. The van der Waals surface area contributed by atoms with Gasteiger partial charge in [0, 0.05) is 18.2 Å². The molecule has 0 saturated carbocycles. The number of likely N-dealkylation sites (N-methyl/N-ethyl adjacent to an activating group) is 1. The number of nitrogens with zero attached hydrogens (tertiary/aromatic N) is 3. The van der Waals surface area contributed by atoms with Crippen LogP contribution in [0.1, 0.15) is 34.0 Å². The number of fused-ring (bicyclic) bond motifs is 1. The number of benzodiazepines with no additional fused rings is 1. The molecule has 3 amide bonds. The molecular formula is C28H30N4O4S. The van der Waals surface area contributed by atoms with E-state index < -0.39 is 24.1 Å². The number of aliphatic imine (C=N–C) groups is 1. The molecule has 3 aromatic rings. The molecule has 192 valence electrons. The number of thiol groups is 1. The van der Waals surface area contributed by atoms with E-state index >= 15 is 0 Å². The number of rotatable bonds is 5. The van der Waals surface area contributed by atoms with Gasteiger partial charge in [0.1, 0.15) is 0 Å². The van der Waals surface area contributed by atoms with Gasteiger partial charge in [-0.1, -0.05) is 67.6 Å². The second kappa shape index (κ2) is 12.7. The lowest BCUT2D eigenvalue weighted by molar-refractivity contribution is -0.122. The highest BCUT2D eigenvalue weighted by molar-refractivity contribution is 7.80. The number of ether oxygens (including phenoxy) is 1. The summed E-state index contributed by atoms with van der Waals surface area (Å²) in [6, 6.07) is 23.0. The Labute approximate surface area is 222 Å². The van der Waals surface area contributed by atoms with Crippen molar-refractivity contribution in [2.45, 2.75) is 19.6 Å². The highest BCUT2D eigenvalue weighted by Gasteiger charge is 2.35. The second-order valence-corrected chi connectivity index (χ2v) is 8.75. The number of hydrogen-bond donors (Lipinski definition) is 2. The van der Waals surface area contributed by atoms with Crippen LogP contribution in [0.5, 0.6) is 0 Å². The molecule has 0 saturated heterocycles. The summed E-state index contributed by atoms with van der Waals surface area (Å²) in [7, 11) is 2.76. The minimum absolute atomic E-state index is 0.154. The zero-order chi connectivity index (χ0) is 26.9. The van der Waals surface area contributed by atoms with E-state index in [1.54, 1.807) is 23.1 Å². The van der Waals surface area contributed by atoms with Crippen molar-refractivity contribution in [3.63, 3.8) is 0 Å². The van der Waals surface area contributed by atoms with Gasteiger partial charge < -0.3 is 15.4 Å². The largest absolute Gasteiger partial charge is 0.465 e. The number of primary amides is 1. The molecule has 1 heterocycles. The van der Waals surface area contributed by atoms with Crippen molar-refractivity contribution in [3.05, 3.63) is 101 Å². The van der Waals surface area contributed by atoms with Crippen LogP contribution in [0.2, 0.25) is 0 Å². The fraction of sp³-hybridized carbons (Fsp3) is 0.214. The summed E-state index contributed by atoms with van der Waals surface area (Å²) >= 11 is 3.79. The van der Waals surface area contributed by atoms with E-state index in [1.165, 1.54) is 14.2 Å². The van der Waals surface area contributed by atoms with Gasteiger partial charge in [-0.05, 0) is 29.5 Å². The SMILES string of the molecule is CCS.COC(=O)c1cccc(CN2C(=O)C(N(C)C(N)=O)N=C(c3ccccc3)c3ccccc32)c1. The number of benzene rings is 3. The van der Waals surface area contributed by atoms with Gasteiger partial charge in [0.2, 0.25) is 6.17 Å². The van der Waals surface area contributed by atoms with Gasteiger partial charge in [0.15, 0.2) is 0 Å². The predicted octanol–water partition coefficient (Wildman–Crippen LogP) is 4.13. The first kappa shape index (κ1) is 27.5. The third-order valence-electron chi connectivity index (χ3n) is 5.64. The summed E-state index contributed by atoms with van der Waals surface area (Å²) in [6.45, 7) is 2.14. The van der Waals surface area contributed by atoms with Crippen LogP contribution in [-0.4, -0.2) is 54.6 Å². The summed E-state index contributed by atoms with van der Waals surface area (Å²) in [4.78, 5) is 45.2. The van der Waals surface area contributed by atoms with E-state index in [0.29, 0.717) is 17.0 Å². The fourth-order valence-corrected chi connectivity index (χ4v) is 3.87. The molecule has 1 unspecified atom stereocenters. The summed E-state index contributed by atoms with van der Waals surface area (Å²) in [5, 5.41) is 0. The van der Waals surface area contributed by atoms with Crippen molar-refractivity contribution >= 4 is 41.9 Å². The van der Waals surface area contributed by atoms with Crippen LogP contribution in [0.4, 0.5) is 10.5 Å². The molecular weight excluding hydrogens is 488 g/mol. The molecule has 9 heteroatoms. The van der Waals surface area contributed by atoms with E-state index in [0.717, 1.165) is 27.3 Å². The van der Waals surface area contributed by atoms with E-state index in [2.05, 4.69) is 12.6 Å².